The fourth-order valence-corrected chi connectivity index (χ4v) is 2.84. The molecule has 52 valence electrons. The van der Waals surface area contributed by atoms with Gasteiger partial charge in [-0.05, 0) is 31.1 Å². The predicted octanol–water partition coefficient (Wildman–Crippen LogP) is 2.49. The highest BCUT2D eigenvalue weighted by Crippen LogP contribution is 2.46. The molecule has 0 nitrogen and oxygen atoms in total. The van der Waals surface area contributed by atoms with E-state index in [2.05, 4.69) is 12.6 Å². The van der Waals surface area contributed by atoms with Crippen molar-refractivity contribution in [2.75, 3.05) is 0 Å². The molecule has 3 atom stereocenters. The molecule has 2 fully saturated rings. The van der Waals surface area contributed by atoms with Gasteiger partial charge in [0.1, 0.15) is 0 Å². The van der Waals surface area contributed by atoms with E-state index in [0.29, 0.717) is 0 Å². The Labute approximate surface area is 62.4 Å². The Kier molecular flexibility index (Phi) is 1.48. The van der Waals surface area contributed by atoms with Gasteiger partial charge in [0.25, 0.3) is 0 Å². The molecule has 3 unspecified atom stereocenters. The zero-order chi connectivity index (χ0) is 6.27. The van der Waals surface area contributed by atoms with E-state index in [1.807, 2.05) is 0 Å². The van der Waals surface area contributed by atoms with Gasteiger partial charge in [0.15, 0.2) is 0 Å². The minimum Gasteiger partial charge on any atom is -0.176 e. The van der Waals surface area contributed by atoms with Crippen LogP contribution in [0.15, 0.2) is 0 Å². The van der Waals surface area contributed by atoms with Crippen molar-refractivity contribution in [1.29, 1.82) is 0 Å². The second-order valence-corrected chi connectivity index (χ2v) is 4.16. The second kappa shape index (κ2) is 2.19. The third kappa shape index (κ3) is 0.899. The first-order valence-corrected chi connectivity index (χ1v) is 4.57. The van der Waals surface area contributed by atoms with Crippen LogP contribution in [-0.2, 0) is 0 Å². The Morgan fingerprint density at radius 3 is 2.33 bits per heavy atom. The second-order valence-electron chi connectivity index (χ2n) is 3.50. The maximum absolute atomic E-state index is 4.57. The molecule has 9 heavy (non-hydrogen) atoms. The summed E-state index contributed by atoms with van der Waals surface area (Å²) in [5.74, 6) is 2.10. The van der Waals surface area contributed by atoms with Crippen LogP contribution in [0.4, 0.5) is 0 Å². The molecule has 0 N–H and O–H groups in total. The Morgan fingerprint density at radius 2 is 1.89 bits per heavy atom. The summed E-state index contributed by atoms with van der Waals surface area (Å²) in [6.45, 7) is 0. The van der Waals surface area contributed by atoms with Crippen molar-refractivity contribution >= 4 is 12.6 Å². The summed E-state index contributed by atoms with van der Waals surface area (Å²) in [5.41, 5.74) is 0. The lowest BCUT2D eigenvalue weighted by molar-refractivity contribution is 0.123. The van der Waals surface area contributed by atoms with Crippen molar-refractivity contribution in [3.05, 3.63) is 0 Å². The Balaban J connectivity index is 1.98. The molecule has 0 amide bonds. The van der Waals surface area contributed by atoms with Crippen molar-refractivity contribution in [2.24, 2.45) is 11.8 Å². The average molecular weight is 142 g/mol. The van der Waals surface area contributed by atoms with Gasteiger partial charge in [-0.1, -0.05) is 12.8 Å². The fourth-order valence-electron chi connectivity index (χ4n) is 2.26. The van der Waals surface area contributed by atoms with Gasteiger partial charge in [-0.2, -0.15) is 12.6 Å². The average Bonchev–Trinajstić information content (AvgIpc) is 1.74. The Morgan fingerprint density at radius 1 is 1.00 bits per heavy atom. The minimum atomic E-state index is 0.762. The van der Waals surface area contributed by atoms with Crippen molar-refractivity contribution in [2.45, 2.75) is 37.4 Å². The van der Waals surface area contributed by atoms with Crippen molar-refractivity contribution in [1.82, 2.24) is 0 Å². The van der Waals surface area contributed by atoms with Gasteiger partial charge in [0.05, 0.1) is 0 Å². The molecule has 0 saturated heterocycles. The Hall–Kier alpha value is 0.350. The van der Waals surface area contributed by atoms with Crippen molar-refractivity contribution in [3.63, 3.8) is 0 Å². The van der Waals surface area contributed by atoms with Crippen molar-refractivity contribution in [3.8, 4) is 0 Å². The lowest BCUT2D eigenvalue weighted by Crippen LogP contribution is -2.36. The lowest BCUT2D eigenvalue weighted by atomic mass is 9.65. The molecule has 0 heterocycles. The molecule has 2 aliphatic carbocycles. The van der Waals surface area contributed by atoms with Gasteiger partial charge in [-0.25, -0.2) is 0 Å². The molecular formula is C8H14S. The first-order chi connectivity index (χ1) is 4.38. The molecule has 2 aliphatic rings. The highest BCUT2D eigenvalue weighted by Gasteiger charge is 2.37. The smallest absolute Gasteiger partial charge is 0.00477 e. The van der Waals surface area contributed by atoms with Gasteiger partial charge >= 0.3 is 0 Å². The van der Waals surface area contributed by atoms with Crippen LogP contribution in [0, 0.1) is 11.8 Å². The molecular weight excluding hydrogens is 128 g/mol. The summed E-state index contributed by atoms with van der Waals surface area (Å²) in [6, 6.07) is 0. The molecule has 1 heteroatoms. The van der Waals surface area contributed by atoms with Crippen LogP contribution < -0.4 is 0 Å². The fraction of sp³-hybridized carbons (Fsp3) is 1.00. The van der Waals surface area contributed by atoms with E-state index in [0.717, 1.165) is 17.1 Å². The maximum Gasteiger partial charge on any atom is 0.00477 e. The highest BCUT2D eigenvalue weighted by atomic mass is 32.1. The van der Waals surface area contributed by atoms with Crippen LogP contribution in [0.3, 0.4) is 0 Å². The summed E-state index contributed by atoms with van der Waals surface area (Å²) in [5, 5.41) is 0.762. The van der Waals surface area contributed by atoms with Crippen LogP contribution in [0.25, 0.3) is 0 Å². The summed E-state index contributed by atoms with van der Waals surface area (Å²) in [7, 11) is 0. The van der Waals surface area contributed by atoms with Crippen LogP contribution in [0.5, 0.6) is 0 Å². The normalized spacial score (nSPS) is 49.7. The van der Waals surface area contributed by atoms with Gasteiger partial charge in [-0.3, -0.25) is 0 Å². The topological polar surface area (TPSA) is 0 Å². The van der Waals surface area contributed by atoms with Crippen LogP contribution >= 0.6 is 12.6 Å². The van der Waals surface area contributed by atoms with Crippen LogP contribution in [-0.4, -0.2) is 5.25 Å². The zero-order valence-electron chi connectivity index (χ0n) is 5.71. The number of rotatable bonds is 0. The van der Waals surface area contributed by atoms with Gasteiger partial charge < -0.3 is 0 Å². The molecule has 0 aromatic carbocycles. The quantitative estimate of drug-likeness (QED) is 0.494. The molecule has 2 saturated carbocycles. The first kappa shape index (κ1) is 6.09. The van der Waals surface area contributed by atoms with E-state index in [-0.39, 0.29) is 0 Å². The zero-order valence-corrected chi connectivity index (χ0v) is 6.61. The number of thiol groups is 1. The summed E-state index contributed by atoms with van der Waals surface area (Å²) < 4.78 is 0. The lowest BCUT2D eigenvalue weighted by Gasteiger charge is -2.44. The van der Waals surface area contributed by atoms with Gasteiger partial charge in [-0.15, -0.1) is 0 Å². The summed E-state index contributed by atoms with van der Waals surface area (Å²) >= 11 is 4.57. The van der Waals surface area contributed by atoms with E-state index >= 15 is 0 Å². The molecule has 2 rings (SSSR count). The maximum atomic E-state index is 4.57. The number of hydrogen-bond acceptors (Lipinski definition) is 1. The SMILES string of the molecule is SC1CCCC2CCC12. The third-order valence-corrected chi connectivity index (χ3v) is 3.69. The van der Waals surface area contributed by atoms with Crippen LogP contribution in [0.1, 0.15) is 32.1 Å². The number of hydrogen-bond donors (Lipinski definition) is 1. The van der Waals surface area contributed by atoms with E-state index < -0.39 is 0 Å². The molecule has 0 aliphatic heterocycles. The highest BCUT2D eigenvalue weighted by molar-refractivity contribution is 7.81. The van der Waals surface area contributed by atoms with Crippen molar-refractivity contribution < 1.29 is 0 Å². The molecule has 0 spiro atoms. The summed E-state index contributed by atoms with van der Waals surface area (Å²) in [6.07, 6.45) is 7.29. The predicted molar refractivity (Wildman–Crippen MR) is 42.8 cm³/mol. The molecule has 0 aromatic heterocycles. The van der Waals surface area contributed by atoms with Crippen LogP contribution in [0.2, 0.25) is 0 Å². The number of fused-ring (bicyclic) bond motifs is 1. The van der Waals surface area contributed by atoms with Gasteiger partial charge in [0, 0.05) is 5.25 Å². The molecule has 0 aromatic rings. The van der Waals surface area contributed by atoms with E-state index in [1.54, 1.807) is 0 Å². The summed E-state index contributed by atoms with van der Waals surface area (Å²) in [4.78, 5) is 0. The van der Waals surface area contributed by atoms with E-state index in [9.17, 15) is 0 Å². The minimum absolute atomic E-state index is 0.762. The van der Waals surface area contributed by atoms with Gasteiger partial charge in [0.2, 0.25) is 0 Å². The standard InChI is InChI=1S/C8H14S/c9-8-3-1-2-6-4-5-7(6)8/h6-9H,1-5H2. The molecule has 0 radical (unpaired) electrons. The largest absolute Gasteiger partial charge is 0.176 e. The molecule has 0 bridgehead atoms. The first-order valence-electron chi connectivity index (χ1n) is 4.06. The third-order valence-electron chi connectivity index (χ3n) is 3.05. The Bertz CT molecular complexity index is 105. The van der Waals surface area contributed by atoms with E-state index in [4.69, 9.17) is 0 Å². The van der Waals surface area contributed by atoms with E-state index in [1.165, 1.54) is 32.1 Å². The monoisotopic (exact) mass is 142 g/mol.